The number of nitrogens with one attached hydrogen (secondary N) is 1. The van der Waals surface area contributed by atoms with Gasteiger partial charge in [0.05, 0.1) is 0 Å². The Hall–Kier alpha value is -0.0800. The fourth-order valence-electron chi connectivity index (χ4n) is 3.38. The largest absolute Gasteiger partial charge is 0.313 e. The highest BCUT2D eigenvalue weighted by molar-refractivity contribution is 4.90. The van der Waals surface area contributed by atoms with Crippen LogP contribution in [-0.2, 0) is 0 Å². The second kappa shape index (κ2) is 6.19. The fourth-order valence-corrected chi connectivity index (χ4v) is 3.38. The Bertz CT molecular complexity index is 217. The highest BCUT2D eigenvalue weighted by Gasteiger charge is 2.35. The van der Waals surface area contributed by atoms with Crippen LogP contribution in [0.1, 0.15) is 52.9 Å². The minimum absolute atomic E-state index is 0.765. The summed E-state index contributed by atoms with van der Waals surface area (Å²) >= 11 is 0. The molecule has 0 amide bonds. The van der Waals surface area contributed by atoms with Crippen molar-refractivity contribution in [3.05, 3.63) is 0 Å². The van der Waals surface area contributed by atoms with Gasteiger partial charge in [-0.1, -0.05) is 20.8 Å². The SMILES string of the molecule is CCC(C1CC1)N(CC(C)C)CC1CCCN1. The van der Waals surface area contributed by atoms with Crippen LogP contribution in [0, 0.1) is 11.8 Å². The lowest BCUT2D eigenvalue weighted by Crippen LogP contribution is -2.45. The van der Waals surface area contributed by atoms with E-state index in [0.29, 0.717) is 0 Å². The van der Waals surface area contributed by atoms with E-state index in [1.54, 1.807) is 0 Å². The molecular formula is C15H30N2. The average Bonchev–Trinajstić information content (AvgIpc) is 2.96. The molecule has 1 aliphatic carbocycles. The maximum atomic E-state index is 3.66. The summed E-state index contributed by atoms with van der Waals surface area (Å²) in [5.74, 6) is 1.81. The molecule has 1 aliphatic heterocycles. The molecule has 1 heterocycles. The summed E-state index contributed by atoms with van der Waals surface area (Å²) in [7, 11) is 0. The van der Waals surface area contributed by atoms with Gasteiger partial charge in [0.25, 0.3) is 0 Å². The van der Waals surface area contributed by atoms with Crippen LogP contribution in [0.5, 0.6) is 0 Å². The molecule has 17 heavy (non-hydrogen) atoms. The van der Waals surface area contributed by atoms with E-state index in [1.807, 2.05) is 0 Å². The molecule has 0 aromatic rings. The van der Waals surface area contributed by atoms with Gasteiger partial charge in [0.15, 0.2) is 0 Å². The van der Waals surface area contributed by atoms with E-state index in [4.69, 9.17) is 0 Å². The summed E-state index contributed by atoms with van der Waals surface area (Å²) in [6, 6.07) is 1.63. The highest BCUT2D eigenvalue weighted by atomic mass is 15.2. The normalized spacial score (nSPS) is 27.0. The predicted octanol–water partition coefficient (Wildman–Crippen LogP) is 2.89. The fraction of sp³-hybridized carbons (Fsp3) is 1.00. The van der Waals surface area contributed by atoms with E-state index >= 15 is 0 Å². The molecule has 1 N–H and O–H groups in total. The lowest BCUT2D eigenvalue weighted by Gasteiger charge is -2.34. The molecule has 2 rings (SSSR count). The molecule has 1 saturated carbocycles. The summed E-state index contributed by atoms with van der Waals surface area (Å²) in [5.41, 5.74) is 0. The molecule has 100 valence electrons. The van der Waals surface area contributed by atoms with Crippen LogP contribution in [0.15, 0.2) is 0 Å². The first-order valence-electron chi connectivity index (χ1n) is 7.68. The second-order valence-corrected chi connectivity index (χ2v) is 6.45. The van der Waals surface area contributed by atoms with E-state index in [0.717, 1.165) is 23.9 Å². The Labute approximate surface area is 107 Å². The van der Waals surface area contributed by atoms with Crippen LogP contribution in [-0.4, -0.2) is 36.6 Å². The van der Waals surface area contributed by atoms with Gasteiger partial charge in [0, 0.05) is 25.2 Å². The maximum absolute atomic E-state index is 3.66. The zero-order chi connectivity index (χ0) is 12.3. The molecule has 2 atom stereocenters. The maximum Gasteiger partial charge on any atom is 0.0195 e. The first kappa shape index (κ1) is 13.4. The molecule has 0 aromatic heterocycles. The second-order valence-electron chi connectivity index (χ2n) is 6.45. The van der Waals surface area contributed by atoms with Gasteiger partial charge >= 0.3 is 0 Å². The molecular weight excluding hydrogens is 208 g/mol. The Morgan fingerprint density at radius 2 is 2.00 bits per heavy atom. The van der Waals surface area contributed by atoms with E-state index in [9.17, 15) is 0 Å². The third-order valence-corrected chi connectivity index (χ3v) is 4.27. The average molecular weight is 238 g/mol. The van der Waals surface area contributed by atoms with Crippen molar-refractivity contribution >= 4 is 0 Å². The standard InChI is InChI=1S/C15H30N2/c1-4-15(13-7-8-13)17(10-12(2)3)11-14-6-5-9-16-14/h12-16H,4-11H2,1-3H3. The number of hydrogen-bond acceptors (Lipinski definition) is 2. The monoisotopic (exact) mass is 238 g/mol. The van der Waals surface area contributed by atoms with Crippen LogP contribution in [0.3, 0.4) is 0 Å². The molecule has 2 nitrogen and oxygen atoms in total. The van der Waals surface area contributed by atoms with Crippen molar-refractivity contribution in [3.8, 4) is 0 Å². The summed E-state index contributed by atoms with van der Waals surface area (Å²) < 4.78 is 0. The van der Waals surface area contributed by atoms with Gasteiger partial charge in [-0.05, 0) is 50.5 Å². The minimum Gasteiger partial charge on any atom is -0.313 e. The van der Waals surface area contributed by atoms with Crippen LogP contribution in [0.25, 0.3) is 0 Å². The van der Waals surface area contributed by atoms with Gasteiger partial charge in [-0.25, -0.2) is 0 Å². The lowest BCUT2D eigenvalue weighted by molar-refractivity contribution is 0.140. The first-order valence-corrected chi connectivity index (χ1v) is 7.68. The Kier molecular flexibility index (Phi) is 4.87. The van der Waals surface area contributed by atoms with Crippen molar-refractivity contribution in [1.82, 2.24) is 10.2 Å². The van der Waals surface area contributed by atoms with Crippen LogP contribution < -0.4 is 5.32 Å². The van der Waals surface area contributed by atoms with Gasteiger partial charge in [0.1, 0.15) is 0 Å². The van der Waals surface area contributed by atoms with Crippen molar-refractivity contribution in [3.63, 3.8) is 0 Å². The van der Waals surface area contributed by atoms with Crippen molar-refractivity contribution in [2.24, 2.45) is 11.8 Å². The number of nitrogens with zero attached hydrogens (tertiary/aromatic N) is 1. The molecule has 2 aliphatic rings. The summed E-state index contributed by atoms with van der Waals surface area (Å²) in [5, 5.41) is 3.66. The van der Waals surface area contributed by atoms with E-state index < -0.39 is 0 Å². The van der Waals surface area contributed by atoms with E-state index in [1.165, 1.54) is 51.7 Å². The van der Waals surface area contributed by atoms with Crippen molar-refractivity contribution in [2.75, 3.05) is 19.6 Å². The summed E-state index contributed by atoms with van der Waals surface area (Å²) in [6.45, 7) is 10.9. The summed E-state index contributed by atoms with van der Waals surface area (Å²) in [6.07, 6.45) is 7.05. The van der Waals surface area contributed by atoms with Gasteiger partial charge in [-0.2, -0.15) is 0 Å². The third kappa shape index (κ3) is 3.96. The van der Waals surface area contributed by atoms with E-state index in [2.05, 4.69) is 31.0 Å². The lowest BCUT2D eigenvalue weighted by atomic mass is 10.0. The van der Waals surface area contributed by atoms with Crippen molar-refractivity contribution < 1.29 is 0 Å². The minimum atomic E-state index is 0.765. The van der Waals surface area contributed by atoms with Crippen LogP contribution in [0.4, 0.5) is 0 Å². The molecule has 2 heteroatoms. The van der Waals surface area contributed by atoms with Gasteiger partial charge in [0.2, 0.25) is 0 Å². The quantitative estimate of drug-likeness (QED) is 0.733. The molecule has 0 radical (unpaired) electrons. The molecule has 0 bridgehead atoms. The van der Waals surface area contributed by atoms with Gasteiger partial charge in [-0.15, -0.1) is 0 Å². The molecule has 2 unspecified atom stereocenters. The molecule has 0 spiro atoms. The first-order chi connectivity index (χ1) is 8.20. The van der Waals surface area contributed by atoms with Crippen molar-refractivity contribution in [2.45, 2.75) is 65.0 Å². The molecule has 1 saturated heterocycles. The Balaban J connectivity index is 1.90. The van der Waals surface area contributed by atoms with Gasteiger partial charge < -0.3 is 5.32 Å². The number of rotatable bonds is 7. The van der Waals surface area contributed by atoms with Gasteiger partial charge in [-0.3, -0.25) is 4.90 Å². The highest BCUT2D eigenvalue weighted by Crippen LogP contribution is 2.37. The van der Waals surface area contributed by atoms with Crippen LogP contribution >= 0.6 is 0 Å². The Morgan fingerprint density at radius 1 is 1.24 bits per heavy atom. The molecule has 2 fully saturated rings. The molecule has 0 aromatic carbocycles. The van der Waals surface area contributed by atoms with E-state index in [-0.39, 0.29) is 0 Å². The number of hydrogen-bond donors (Lipinski definition) is 1. The topological polar surface area (TPSA) is 15.3 Å². The zero-order valence-electron chi connectivity index (χ0n) is 11.9. The summed E-state index contributed by atoms with van der Waals surface area (Å²) in [4.78, 5) is 2.80. The predicted molar refractivity (Wildman–Crippen MR) is 74.2 cm³/mol. The smallest absolute Gasteiger partial charge is 0.0195 e. The zero-order valence-corrected chi connectivity index (χ0v) is 11.9. The van der Waals surface area contributed by atoms with Crippen LogP contribution in [0.2, 0.25) is 0 Å². The Morgan fingerprint density at radius 3 is 2.47 bits per heavy atom. The van der Waals surface area contributed by atoms with Crippen molar-refractivity contribution in [1.29, 1.82) is 0 Å². The third-order valence-electron chi connectivity index (χ3n) is 4.27.